The summed E-state index contributed by atoms with van der Waals surface area (Å²) < 4.78 is 8.26. The minimum absolute atomic E-state index is 0.0345. The topological polar surface area (TPSA) is 68.8 Å². The first-order chi connectivity index (χ1) is 10.6. The van der Waals surface area contributed by atoms with Crippen LogP contribution in [0.2, 0.25) is 0 Å². The molecule has 2 aromatic heterocycles. The molecule has 7 nitrogen and oxygen atoms in total. The van der Waals surface area contributed by atoms with E-state index in [1.165, 1.54) is 9.08 Å². The molecule has 3 heterocycles. The van der Waals surface area contributed by atoms with Crippen LogP contribution in [0.5, 0.6) is 0 Å². The van der Waals surface area contributed by atoms with Crippen LogP contribution in [0.3, 0.4) is 0 Å². The predicted octanol–water partition coefficient (Wildman–Crippen LogP) is 0.522. The fourth-order valence-electron chi connectivity index (χ4n) is 2.94. The number of carbonyl (C=O) groups is 1. The second kappa shape index (κ2) is 5.92. The molecule has 7 heteroatoms. The predicted molar refractivity (Wildman–Crippen MR) is 80.7 cm³/mol. The molecule has 0 aromatic carbocycles. The summed E-state index contributed by atoms with van der Waals surface area (Å²) in [5.74, 6) is 0.0345. The first kappa shape index (κ1) is 14.8. The number of hydrogen-bond donors (Lipinski definition) is 0. The number of morpholine rings is 1. The quantitative estimate of drug-likeness (QED) is 0.829. The first-order valence-corrected chi connectivity index (χ1v) is 7.51. The average molecular weight is 304 g/mol. The monoisotopic (exact) mass is 304 g/mol. The molecule has 0 saturated carbocycles. The third kappa shape index (κ3) is 2.64. The zero-order valence-corrected chi connectivity index (χ0v) is 12.8. The van der Waals surface area contributed by atoms with E-state index in [-0.39, 0.29) is 36.6 Å². The number of fused-ring (bicyclic) bond motifs is 1. The molecule has 2 aromatic rings. The Bertz CT molecular complexity index is 726. The number of hydrogen-bond acceptors (Lipinski definition) is 4. The number of aryl methyl sites for hydroxylation is 1. The van der Waals surface area contributed by atoms with E-state index in [0.717, 1.165) is 0 Å². The lowest BCUT2D eigenvalue weighted by Gasteiger charge is -2.38. The summed E-state index contributed by atoms with van der Waals surface area (Å²) >= 11 is 0. The van der Waals surface area contributed by atoms with Crippen molar-refractivity contribution < 1.29 is 9.53 Å². The Morgan fingerprint density at radius 2 is 2.05 bits per heavy atom. The highest BCUT2D eigenvalue weighted by molar-refractivity contribution is 5.76. The highest BCUT2D eigenvalue weighted by Crippen LogP contribution is 2.14. The van der Waals surface area contributed by atoms with Gasteiger partial charge in [-0.1, -0.05) is 6.07 Å². The molecule has 0 bridgehead atoms. The Labute approximate surface area is 128 Å². The second-order valence-corrected chi connectivity index (χ2v) is 5.72. The van der Waals surface area contributed by atoms with Crippen molar-refractivity contribution in [3.63, 3.8) is 0 Å². The van der Waals surface area contributed by atoms with Crippen LogP contribution < -0.4 is 5.69 Å². The third-order valence-corrected chi connectivity index (χ3v) is 3.98. The van der Waals surface area contributed by atoms with E-state index in [4.69, 9.17) is 4.74 Å². The lowest BCUT2D eigenvalue weighted by molar-refractivity contribution is -0.144. The third-order valence-electron chi connectivity index (χ3n) is 3.98. The molecule has 1 aliphatic rings. The Balaban J connectivity index is 1.72. The smallest absolute Gasteiger partial charge is 0.350 e. The number of rotatable bonds is 3. The van der Waals surface area contributed by atoms with Gasteiger partial charge in [-0.25, -0.2) is 9.48 Å². The summed E-state index contributed by atoms with van der Waals surface area (Å²) in [5, 5.41) is 4.24. The standard InChI is InChI=1S/C15H20N4O3/c1-11-9-22-10-12(2)19(11)14(20)6-8-18-15(21)17-7-4-3-5-13(17)16-18/h3-5,7,11-12H,6,8-10H2,1-2H3/t11-,12-/m1/s1. The van der Waals surface area contributed by atoms with Crippen LogP contribution in [-0.4, -0.2) is 50.3 Å². The summed E-state index contributed by atoms with van der Waals surface area (Å²) in [4.78, 5) is 26.5. The maximum Gasteiger partial charge on any atom is 0.350 e. The van der Waals surface area contributed by atoms with Crippen molar-refractivity contribution in [1.29, 1.82) is 0 Å². The van der Waals surface area contributed by atoms with Gasteiger partial charge in [0.1, 0.15) is 0 Å². The zero-order chi connectivity index (χ0) is 15.7. The van der Waals surface area contributed by atoms with Gasteiger partial charge >= 0.3 is 5.69 Å². The molecule has 0 radical (unpaired) electrons. The number of amides is 1. The van der Waals surface area contributed by atoms with Crippen LogP contribution in [0.25, 0.3) is 5.65 Å². The molecule has 22 heavy (non-hydrogen) atoms. The van der Waals surface area contributed by atoms with Gasteiger partial charge in [0.2, 0.25) is 5.91 Å². The molecule has 0 N–H and O–H groups in total. The maximum atomic E-state index is 12.4. The Hall–Kier alpha value is -2.15. The van der Waals surface area contributed by atoms with E-state index < -0.39 is 0 Å². The molecule has 1 amide bonds. The highest BCUT2D eigenvalue weighted by atomic mass is 16.5. The Morgan fingerprint density at radius 3 is 2.73 bits per heavy atom. The summed E-state index contributed by atoms with van der Waals surface area (Å²) in [7, 11) is 0. The minimum Gasteiger partial charge on any atom is -0.377 e. The molecule has 0 spiro atoms. The molecule has 118 valence electrons. The van der Waals surface area contributed by atoms with Gasteiger partial charge in [-0.05, 0) is 26.0 Å². The van der Waals surface area contributed by atoms with E-state index in [1.807, 2.05) is 24.8 Å². The highest BCUT2D eigenvalue weighted by Gasteiger charge is 2.29. The SMILES string of the molecule is C[C@@H]1COC[C@@H](C)N1C(=O)CCn1nc2ccccn2c1=O. The van der Waals surface area contributed by atoms with Gasteiger partial charge in [-0.2, -0.15) is 0 Å². The second-order valence-electron chi connectivity index (χ2n) is 5.72. The van der Waals surface area contributed by atoms with Crippen LogP contribution >= 0.6 is 0 Å². The van der Waals surface area contributed by atoms with Crippen molar-refractivity contribution >= 4 is 11.6 Å². The lowest BCUT2D eigenvalue weighted by atomic mass is 10.1. The van der Waals surface area contributed by atoms with Gasteiger partial charge in [-0.15, -0.1) is 5.10 Å². The Kier molecular flexibility index (Phi) is 3.98. The lowest BCUT2D eigenvalue weighted by Crippen LogP contribution is -2.52. The first-order valence-electron chi connectivity index (χ1n) is 7.51. The van der Waals surface area contributed by atoms with Crippen molar-refractivity contribution in [1.82, 2.24) is 19.1 Å². The fraction of sp³-hybridized carbons (Fsp3) is 0.533. The summed E-state index contributed by atoms with van der Waals surface area (Å²) in [6, 6.07) is 5.51. The number of nitrogens with zero attached hydrogens (tertiary/aromatic N) is 4. The van der Waals surface area contributed by atoms with Gasteiger partial charge < -0.3 is 9.64 Å². The molecule has 1 saturated heterocycles. The van der Waals surface area contributed by atoms with Crippen LogP contribution in [0, 0.1) is 0 Å². The van der Waals surface area contributed by atoms with E-state index in [2.05, 4.69) is 5.10 Å². The van der Waals surface area contributed by atoms with Crippen LogP contribution in [0.1, 0.15) is 20.3 Å². The summed E-state index contributed by atoms with van der Waals surface area (Å²) in [5.41, 5.74) is 0.375. The van der Waals surface area contributed by atoms with Crippen molar-refractivity contribution in [2.24, 2.45) is 0 Å². The van der Waals surface area contributed by atoms with Crippen LogP contribution in [0.4, 0.5) is 0 Å². The number of pyridine rings is 1. The van der Waals surface area contributed by atoms with Crippen molar-refractivity contribution in [3.05, 3.63) is 34.9 Å². The number of aromatic nitrogens is 3. The maximum absolute atomic E-state index is 12.4. The van der Waals surface area contributed by atoms with Crippen molar-refractivity contribution in [2.75, 3.05) is 13.2 Å². The number of ether oxygens (including phenoxy) is 1. The van der Waals surface area contributed by atoms with Crippen LogP contribution in [0.15, 0.2) is 29.2 Å². The van der Waals surface area contributed by atoms with Crippen molar-refractivity contribution in [2.45, 2.75) is 38.9 Å². The molecule has 3 rings (SSSR count). The minimum atomic E-state index is -0.216. The molecular weight excluding hydrogens is 284 g/mol. The van der Waals surface area contributed by atoms with Gasteiger partial charge in [0.05, 0.1) is 31.8 Å². The Morgan fingerprint density at radius 1 is 1.32 bits per heavy atom. The molecule has 0 unspecified atom stereocenters. The van der Waals surface area contributed by atoms with E-state index in [1.54, 1.807) is 18.3 Å². The van der Waals surface area contributed by atoms with Crippen molar-refractivity contribution in [3.8, 4) is 0 Å². The molecule has 0 aliphatic carbocycles. The van der Waals surface area contributed by atoms with E-state index in [0.29, 0.717) is 18.9 Å². The summed E-state index contributed by atoms with van der Waals surface area (Å²) in [6.45, 7) is 5.36. The number of carbonyl (C=O) groups excluding carboxylic acids is 1. The molecule has 1 aliphatic heterocycles. The molecular formula is C15H20N4O3. The van der Waals surface area contributed by atoms with Gasteiger partial charge in [0.15, 0.2) is 5.65 Å². The van der Waals surface area contributed by atoms with E-state index in [9.17, 15) is 9.59 Å². The molecule has 1 fully saturated rings. The summed E-state index contributed by atoms with van der Waals surface area (Å²) in [6.07, 6.45) is 1.94. The normalized spacial score (nSPS) is 22.2. The van der Waals surface area contributed by atoms with E-state index >= 15 is 0 Å². The van der Waals surface area contributed by atoms with Gasteiger partial charge in [0.25, 0.3) is 0 Å². The van der Waals surface area contributed by atoms with Gasteiger partial charge in [-0.3, -0.25) is 9.20 Å². The molecule has 2 atom stereocenters. The van der Waals surface area contributed by atoms with Crippen LogP contribution in [-0.2, 0) is 16.1 Å². The fourth-order valence-corrected chi connectivity index (χ4v) is 2.94. The van der Waals surface area contributed by atoms with Gasteiger partial charge in [0, 0.05) is 12.6 Å². The zero-order valence-electron chi connectivity index (χ0n) is 12.8. The largest absolute Gasteiger partial charge is 0.377 e. The average Bonchev–Trinajstić information content (AvgIpc) is 2.82.